The van der Waals surface area contributed by atoms with E-state index in [1.54, 1.807) is 7.11 Å². The lowest BCUT2D eigenvalue weighted by Crippen LogP contribution is -2.46. The number of rotatable bonds is 3. The lowest BCUT2D eigenvalue weighted by Gasteiger charge is -2.31. The van der Waals surface area contributed by atoms with Gasteiger partial charge >= 0.3 is 0 Å². The maximum absolute atomic E-state index is 5.63. The molecule has 1 aliphatic heterocycles. The van der Waals surface area contributed by atoms with Crippen LogP contribution < -0.4 is 5.32 Å². The molecule has 1 spiro atoms. The topological polar surface area (TPSA) is 36.9 Å². The molecule has 1 N–H and O–H groups in total. The highest BCUT2D eigenvalue weighted by molar-refractivity contribution is 14.0. The number of nitrogens with one attached hydrogen (secondary N) is 1. The summed E-state index contributed by atoms with van der Waals surface area (Å²) in [5.41, 5.74) is 0.723. The molecule has 1 heterocycles. The predicted octanol–water partition coefficient (Wildman–Crippen LogP) is 3.51. The van der Waals surface area contributed by atoms with Gasteiger partial charge in [0, 0.05) is 33.8 Å². The molecule has 0 bridgehead atoms. The molecule has 0 aromatic carbocycles. The fraction of sp³-hybridized carbons (Fsp3) is 0.941. The number of halogens is 1. The van der Waals surface area contributed by atoms with Gasteiger partial charge in [0.2, 0.25) is 0 Å². The molecule has 1 saturated heterocycles. The van der Waals surface area contributed by atoms with E-state index in [0.717, 1.165) is 19.0 Å². The van der Waals surface area contributed by atoms with Crippen molar-refractivity contribution in [3.63, 3.8) is 0 Å². The van der Waals surface area contributed by atoms with Gasteiger partial charge in [-0.1, -0.05) is 33.6 Å². The Labute approximate surface area is 153 Å². The van der Waals surface area contributed by atoms with E-state index >= 15 is 0 Å². The van der Waals surface area contributed by atoms with E-state index in [-0.39, 0.29) is 35.5 Å². The molecule has 0 aromatic heterocycles. The summed E-state index contributed by atoms with van der Waals surface area (Å²) >= 11 is 0. The van der Waals surface area contributed by atoms with Gasteiger partial charge in [-0.25, -0.2) is 0 Å². The van der Waals surface area contributed by atoms with E-state index in [9.17, 15) is 0 Å². The van der Waals surface area contributed by atoms with Gasteiger partial charge in [0.15, 0.2) is 5.96 Å². The molecule has 0 radical (unpaired) electrons. The first-order chi connectivity index (χ1) is 9.90. The van der Waals surface area contributed by atoms with Crippen LogP contribution in [0, 0.1) is 10.8 Å². The van der Waals surface area contributed by atoms with Gasteiger partial charge in [0.05, 0.1) is 6.10 Å². The lowest BCUT2D eigenvalue weighted by atomic mass is 9.86. The highest BCUT2D eigenvalue weighted by Gasteiger charge is 2.41. The Morgan fingerprint density at radius 1 is 1.27 bits per heavy atom. The minimum Gasteiger partial charge on any atom is -0.379 e. The Balaban J connectivity index is 0.00000242. The molecule has 5 heteroatoms. The van der Waals surface area contributed by atoms with Crippen LogP contribution in [0.4, 0.5) is 0 Å². The van der Waals surface area contributed by atoms with Crippen molar-refractivity contribution >= 4 is 29.9 Å². The summed E-state index contributed by atoms with van der Waals surface area (Å²) in [5, 5.41) is 3.53. The summed E-state index contributed by atoms with van der Waals surface area (Å²) in [6.45, 7) is 9.79. The average molecular weight is 423 g/mol. The SMILES string of the molecule is CN=C(NCC(OC)C(C)(C)C)N1CCC2(CCCC2)C1.I. The van der Waals surface area contributed by atoms with Crippen LogP contribution in [0.3, 0.4) is 0 Å². The maximum Gasteiger partial charge on any atom is 0.193 e. The van der Waals surface area contributed by atoms with Crippen LogP contribution in [0.15, 0.2) is 4.99 Å². The molecular weight excluding hydrogens is 389 g/mol. The number of ether oxygens (including phenoxy) is 1. The molecule has 2 aliphatic rings. The van der Waals surface area contributed by atoms with Crippen LogP contribution in [-0.2, 0) is 4.74 Å². The quantitative estimate of drug-likeness (QED) is 0.429. The zero-order chi connectivity index (χ0) is 15.5. The van der Waals surface area contributed by atoms with Crippen LogP contribution in [0.25, 0.3) is 0 Å². The summed E-state index contributed by atoms with van der Waals surface area (Å²) in [6, 6.07) is 0. The largest absolute Gasteiger partial charge is 0.379 e. The fourth-order valence-electron chi connectivity index (χ4n) is 3.91. The van der Waals surface area contributed by atoms with Crippen LogP contribution in [0.2, 0.25) is 0 Å². The molecule has 1 unspecified atom stereocenters. The molecule has 4 nitrogen and oxygen atoms in total. The highest BCUT2D eigenvalue weighted by Crippen LogP contribution is 2.45. The Kier molecular flexibility index (Phi) is 7.43. The van der Waals surface area contributed by atoms with Crippen molar-refractivity contribution in [3.05, 3.63) is 0 Å². The van der Waals surface area contributed by atoms with E-state index in [4.69, 9.17) is 4.74 Å². The van der Waals surface area contributed by atoms with Gasteiger partial charge in [-0.05, 0) is 30.1 Å². The lowest BCUT2D eigenvalue weighted by molar-refractivity contribution is 0.0201. The molecule has 1 saturated carbocycles. The number of likely N-dealkylation sites (tertiary alicyclic amines) is 1. The van der Waals surface area contributed by atoms with Crippen molar-refractivity contribution in [2.75, 3.05) is 33.8 Å². The molecule has 1 aliphatic carbocycles. The number of nitrogens with zero attached hydrogens (tertiary/aromatic N) is 2. The van der Waals surface area contributed by atoms with E-state index in [0.29, 0.717) is 5.41 Å². The predicted molar refractivity (Wildman–Crippen MR) is 104 cm³/mol. The number of aliphatic imine (C=N–C) groups is 1. The molecule has 0 aromatic rings. The third kappa shape index (κ3) is 4.73. The molecule has 22 heavy (non-hydrogen) atoms. The molecule has 1 atom stereocenters. The first kappa shape index (κ1) is 20.0. The number of guanidine groups is 1. The first-order valence-electron chi connectivity index (χ1n) is 8.39. The van der Waals surface area contributed by atoms with Crippen molar-refractivity contribution < 1.29 is 4.74 Å². The second-order valence-electron chi connectivity index (χ2n) is 7.90. The normalized spacial score (nSPS) is 22.8. The van der Waals surface area contributed by atoms with Crippen molar-refractivity contribution in [2.24, 2.45) is 15.8 Å². The van der Waals surface area contributed by atoms with Crippen molar-refractivity contribution in [1.82, 2.24) is 10.2 Å². The Morgan fingerprint density at radius 3 is 2.41 bits per heavy atom. The summed E-state index contributed by atoms with van der Waals surface area (Å²) in [4.78, 5) is 6.93. The second kappa shape index (κ2) is 8.18. The van der Waals surface area contributed by atoms with E-state index in [2.05, 4.69) is 36.0 Å². The zero-order valence-electron chi connectivity index (χ0n) is 14.9. The van der Waals surface area contributed by atoms with Crippen molar-refractivity contribution in [1.29, 1.82) is 0 Å². The van der Waals surface area contributed by atoms with Gasteiger partial charge in [-0.15, -0.1) is 24.0 Å². The Hall–Kier alpha value is -0.0400. The van der Waals surface area contributed by atoms with Crippen molar-refractivity contribution in [3.8, 4) is 0 Å². The third-order valence-electron chi connectivity index (χ3n) is 5.31. The summed E-state index contributed by atoms with van der Waals surface area (Å²) in [6.07, 6.45) is 7.16. The van der Waals surface area contributed by atoms with Gasteiger partial charge in [0.1, 0.15) is 0 Å². The highest BCUT2D eigenvalue weighted by atomic mass is 127. The van der Waals surface area contributed by atoms with Gasteiger partial charge < -0.3 is 15.0 Å². The maximum atomic E-state index is 5.63. The second-order valence-corrected chi connectivity index (χ2v) is 7.90. The smallest absolute Gasteiger partial charge is 0.193 e. The minimum atomic E-state index is 0. The zero-order valence-corrected chi connectivity index (χ0v) is 17.3. The fourth-order valence-corrected chi connectivity index (χ4v) is 3.91. The van der Waals surface area contributed by atoms with Crippen LogP contribution in [0.1, 0.15) is 52.9 Å². The minimum absolute atomic E-state index is 0. The van der Waals surface area contributed by atoms with Crippen LogP contribution >= 0.6 is 24.0 Å². The summed E-state index contributed by atoms with van der Waals surface area (Å²) < 4.78 is 5.63. The average Bonchev–Trinajstić information content (AvgIpc) is 3.04. The van der Waals surface area contributed by atoms with Gasteiger partial charge in [0.25, 0.3) is 0 Å². The summed E-state index contributed by atoms with van der Waals surface area (Å²) in [7, 11) is 3.69. The first-order valence-corrected chi connectivity index (χ1v) is 8.39. The van der Waals surface area contributed by atoms with E-state index < -0.39 is 0 Å². The van der Waals surface area contributed by atoms with Crippen LogP contribution in [-0.4, -0.2) is 50.8 Å². The Morgan fingerprint density at radius 2 is 1.91 bits per heavy atom. The van der Waals surface area contributed by atoms with E-state index in [1.165, 1.54) is 38.6 Å². The standard InChI is InChI=1S/C17H33N3O.HI/c1-16(2,3)14(21-5)12-19-15(18-4)20-11-10-17(13-20)8-6-7-9-17;/h14H,6-13H2,1-5H3,(H,18,19);1H. The Bertz CT molecular complexity index is 373. The van der Waals surface area contributed by atoms with Crippen LogP contribution in [0.5, 0.6) is 0 Å². The molecule has 2 fully saturated rings. The molecule has 2 rings (SSSR count). The number of methoxy groups -OCH3 is 1. The monoisotopic (exact) mass is 423 g/mol. The number of hydrogen-bond donors (Lipinski definition) is 1. The van der Waals surface area contributed by atoms with Gasteiger partial charge in [-0.3, -0.25) is 4.99 Å². The third-order valence-corrected chi connectivity index (χ3v) is 5.31. The van der Waals surface area contributed by atoms with Crippen molar-refractivity contribution in [2.45, 2.75) is 59.0 Å². The summed E-state index contributed by atoms with van der Waals surface area (Å²) in [5.74, 6) is 1.05. The van der Waals surface area contributed by atoms with Gasteiger partial charge in [-0.2, -0.15) is 0 Å². The molecule has 130 valence electrons. The number of hydrogen-bond acceptors (Lipinski definition) is 2. The molecule has 0 amide bonds. The molecular formula is C17H34IN3O. The van der Waals surface area contributed by atoms with E-state index in [1.807, 2.05) is 7.05 Å².